The first-order valence-corrected chi connectivity index (χ1v) is 9.37. The topological polar surface area (TPSA) is 44.4 Å². The van der Waals surface area contributed by atoms with E-state index in [-0.39, 0.29) is 5.91 Å². The third-order valence-electron chi connectivity index (χ3n) is 6.84. The van der Waals surface area contributed by atoms with Crippen LogP contribution in [0.2, 0.25) is 0 Å². The number of hydrogen-bond acceptors (Lipinski definition) is 3. The first-order valence-electron chi connectivity index (χ1n) is 9.37. The van der Waals surface area contributed by atoms with Crippen LogP contribution in [0, 0.1) is 23.7 Å². The molecule has 0 unspecified atom stereocenters. The molecule has 4 nitrogen and oxygen atoms in total. The second-order valence-corrected chi connectivity index (χ2v) is 8.65. The van der Waals surface area contributed by atoms with E-state index in [0.717, 1.165) is 56.1 Å². The van der Waals surface area contributed by atoms with E-state index in [4.69, 9.17) is 0 Å². The van der Waals surface area contributed by atoms with Crippen molar-refractivity contribution in [1.82, 2.24) is 15.8 Å². The van der Waals surface area contributed by atoms with Crippen LogP contribution in [0.25, 0.3) is 0 Å². The van der Waals surface area contributed by atoms with Crippen molar-refractivity contribution in [2.75, 3.05) is 19.6 Å². The maximum Gasteiger partial charge on any atom is 0.219 e. The average Bonchev–Trinajstić information content (AvgIpc) is 2.46. The lowest BCUT2D eigenvalue weighted by atomic mass is 9.53. The number of rotatable bonds is 4. The van der Waals surface area contributed by atoms with Crippen molar-refractivity contribution in [3.8, 4) is 0 Å². The van der Waals surface area contributed by atoms with E-state index in [0.29, 0.717) is 5.54 Å². The number of carbonyl (C=O) groups is 1. The molecule has 0 spiro atoms. The van der Waals surface area contributed by atoms with Gasteiger partial charge >= 0.3 is 0 Å². The number of hydrazine groups is 1. The first kappa shape index (κ1) is 14.9. The molecular formula is C18H31N3O. The molecule has 4 bridgehead atoms. The number of carbonyl (C=O) groups excluding carboxylic acids is 1. The molecule has 0 atom stereocenters. The Kier molecular flexibility index (Phi) is 3.93. The number of piperidine rings is 1. The number of likely N-dealkylation sites (tertiary alicyclic amines) is 1. The van der Waals surface area contributed by atoms with Crippen molar-refractivity contribution in [3.63, 3.8) is 0 Å². The van der Waals surface area contributed by atoms with E-state index in [2.05, 4.69) is 10.9 Å². The summed E-state index contributed by atoms with van der Waals surface area (Å²) in [5, 5.41) is 0. The Morgan fingerprint density at radius 2 is 1.59 bits per heavy atom. The van der Waals surface area contributed by atoms with E-state index in [1.165, 1.54) is 38.5 Å². The molecule has 1 amide bonds. The summed E-state index contributed by atoms with van der Waals surface area (Å²) in [6.45, 7) is 4.64. The van der Waals surface area contributed by atoms with Gasteiger partial charge in [0.15, 0.2) is 0 Å². The molecule has 0 radical (unpaired) electrons. The van der Waals surface area contributed by atoms with Gasteiger partial charge in [-0.1, -0.05) is 0 Å². The molecule has 0 aromatic carbocycles. The molecule has 1 saturated heterocycles. The van der Waals surface area contributed by atoms with E-state index < -0.39 is 0 Å². The fraction of sp³-hybridized carbons (Fsp3) is 0.944. The molecule has 0 aromatic rings. The van der Waals surface area contributed by atoms with Gasteiger partial charge in [-0.05, 0) is 75.0 Å². The highest BCUT2D eigenvalue weighted by molar-refractivity contribution is 5.73. The summed E-state index contributed by atoms with van der Waals surface area (Å²) in [5.41, 5.74) is 7.79. The van der Waals surface area contributed by atoms with E-state index in [1.54, 1.807) is 6.92 Å². The molecule has 5 aliphatic rings. The predicted molar refractivity (Wildman–Crippen MR) is 87.0 cm³/mol. The number of nitrogens with zero attached hydrogens (tertiary/aromatic N) is 1. The van der Waals surface area contributed by atoms with Gasteiger partial charge in [-0.2, -0.15) is 0 Å². The average molecular weight is 305 g/mol. The van der Waals surface area contributed by atoms with Crippen LogP contribution >= 0.6 is 0 Å². The molecule has 4 heteroatoms. The van der Waals surface area contributed by atoms with Gasteiger partial charge in [-0.3, -0.25) is 15.6 Å². The fourth-order valence-electron chi connectivity index (χ4n) is 6.10. The van der Waals surface area contributed by atoms with Gasteiger partial charge in [-0.15, -0.1) is 0 Å². The zero-order valence-corrected chi connectivity index (χ0v) is 13.9. The Morgan fingerprint density at radius 1 is 1.05 bits per heavy atom. The van der Waals surface area contributed by atoms with Gasteiger partial charge in [0, 0.05) is 32.1 Å². The highest BCUT2D eigenvalue weighted by Gasteiger charge is 2.50. The number of amides is 1. The Balaban J connectivity index is 1.23. The fourth-order valence-corrected chi connectivity index (χ4v) is 6.10. The zero-order chi connectivity index (χ0) is 15.2. The minimum absolute atomic E-state index is 0.234. The van der Waals surface area contributed by atoms with Gasteiger partial charge in [-0.25, -0.2) is 0 Å². The van der Waals surface area contributed by atoms with Gasteiger partial charge in [0.2, 0.25) is 5.91 Å². The first-order chi connectivity index (χ1) is 10.6. The van der Waals surface area contributed by atoms with Crippen molar-refractivity contribution >= 4 is 5.91 Å². The van der Waals surface area contributed by atoms with Crippen LogP contribution in [0.5, 0.6) is 0 Å². The van der Waals surface area contributed by atoms with Crippen molar-refractivity contribution in [3.05, 3.63) is 0 Å². The lowest BCUT2D eigenvalue weighted by molar-refractivity contribution is -0.130. The standard InChI is InChI=1S/C18H31N3O/c1-13(22)21-4-2-14(3-5-21)12-19-20-18-9-15-6-16(10-18)8-17(7-15)11-18/h14-17,19-20H,2-12H2,1H3. The van der Waals surface area contributed by atoms with Crippen LogP contribution in [0.4, 0.5) is 0 Å². The van der Waals surface area contributed by atoms with Crippen molar-refractivity contribution in [2.45, 2.75) is 63.8 Å². The smallest absolute Gasteiger partial charge is 0.219 e. The Morgan fingerprint density at radius 3 is 2.09 bits per heavy atom. The van der Waals surface area contributed by atoms with Crippen molar-refractivity contribution in [1.29, 1.82) is 0 Å². The maximum atomic E-state index is 11.4. The van der Waals surface area contributed by atoms with Crippen LogP contribution in [-0.2, 0) is 4.79 Å². The number of nitrogens with one attached hydrogen (secondary N) is 2. The zero-order valence-electron chi connectivity index (χ0n) is 13.9. The van der Waals surface area contributed by atoms with Gasteiger partial charge < -0.3 is 4.90 Å². The van der Waals surface area contributed by atoms with Crippen LogP contribution in [0.15, 0.2) is 0 Å². The monoisotopic (exact) mass is 305 g/mol. The van der Waals surface area contributed by atoms with Gasteiger partial charge in [0.1, 0.15) is 0 Å². The predicted octanol–water partition coefficient (Wildman–Crippen LogP) is 2.31. The minimum atomic E-state index is 0.234. The second kappa shape index (κ2) is 5.79. The summed E-state index contributed by atoms with van der Waals surface area (Å²) in [6, 6.07) is 0. The van der Waals surface area contributed by atoms with Crippen molar-refractivity contribution in [2.24, 2.45) is 23.7 Å². The summed E-state index contributed by atoms with van der Waals surface area (Å²) >= 11 is 0. The summed E-state index contributed by atoms with van der Waals surface area (Å²) in [4.78, 5) is 13.4. The van der Waals surface area contributed by atoms with Crippen LogP contribution in [0.1, 0.15) is 58.3 Å². The molecule has 22 heavy (non-hydrogen) atoms. The Labute approximate surface area is 134 Å². The molecule has 0 aromatic heterocycles. The Hall–Kier alpha value is -0.610. The summed E-state index contributed by atoms with van der Waals surface area (Å²) in [5.74, 6) is 3.95. The molecule has 5 fully saturated rings. The highest BCUT2D eigenvalue weighted by atomic mass is 16.2. The lowest BCUT2D eigenvalue weighted by Crippen LogP contribution is -2.62. The van der Waals surface area contributed by atoms with Crippen molar-refractivity contribution < 1.29 is 4.79 Å². The van der Waals surface area contributed by atoms with E-state index in [1.807, 2.05) is 4.90 Å². The van der Waals surface area contributed by atoms with E-state index in [9.17, 15) is 4.79 Å². The van der Waals surface area contributed by atoms with Gasteiger partial charge in [0.05, 0.1) is 0 Å². The molecule has 5 rings (SSSR count). The largest absolute Gasteiger partial charge is 0.343 e. The second-order valence-electron chi connectivity index (χ2n) is 8.65. The lowest BCUT2D eigenvalue weighted by Gasteiger charge is -2.57. The summed E-state index contributed by atoms with van der Waals surface area (Å²) < 4.78 is 0. The maximum absolute atomic E-state index is 11.4. The third kappa shape index (κ3) is 2.92. The molecule has 2 N–H and O–H groups in total. The molecular weight excluding hydrogens is 274 g/mol. The summed E-state index contributed by atoms with van der Waals surface area (Å²) in [6.07, 6.45) is 11.0. The third-order valence-corrected chi connectivity index (χ3v) is 6.84. The quantitative estimate of drug-likeness (QED) is 0.784. The molecule has 124 valence electrons. The molecule has 4 saturated carbocycles. The van der Waals surface area contributed by atoms with Crippen LogP contribution < -0.4 is 10.9 Å². The normalized spacial score (nSPS) is 41.1. The van der Waals surface area contributed by atoms with Gasteiger partial charge in [0.25, 0.3) is 0 Å². The van der Waals surface area contributed by atoms with Crippen LogP contribution in [-0.4, -0.2) is 36.0 Å². The molecule has 1 aliphatic heterocycles. The van der Waals surface area contributed by atoms with E-state index >= 15 is 0 Å². The number of hydrogen-bond donors (Lipinski definition) is 2. The molecule has 1 heterocycles. The van der Waals surface area contributed by atoms with Crippen LogP contribution in [0.3, 0.4) is 0 Å². The molecule has 4 aliphatic carbocycles. The Bertz CT molecular complexity index is 393. The highest BCUT2D eigenvalue weighted by Crippen LogP contribution is 2.55. The minimum Gasteiger partial charge on any atom is -0.343 e. The SMILES string of the molecule is CC(=O)N1CCC(CNNC23CC4CC(CC(C4)C2)C3)CC1. The summed E-state index contributed by atoms with van der Waals surface area (Å²) in [7, 11) is 0.